The van der Waals surface area contributed by atoms with Gasteiger partial charge in [-0.25, -0.2) is 0 Å². The maximum atomic E-state index is 13.8. The molecule has 1 N–H and O–H groups in total. The molecular formula is C36H34N4O8. The molecule has 5 aliphatic rings. The molecule has 3 aromatic carbocycles. The number of phenols is 1. The van der Waals surface area contributed by atoms with Crippen molar-refractivity contribution in [2.24, 2.45) is 0 Å². The van der Waals surface area contributed by atoms with Crippen molar-refractivity contribution in [3.63, 3.8) is 0 Å². The molecule has 1 fully saturated rings. The van der Waals surface area contributed by atoms with Gasteiger partial charge in [-0.15, -0.1) is 0 Å². The Hall–Kier alpha value is -5.12. The van der Waals surface area contributed by atoms with Crippen LogP contribution in [0.15, 0.2) is 30.3 Å². The van der Waals surface area contributed by atoms with E-state index in [-0.39, 0.29) is 25.1 Å². The Labute approximate surface area is 276 Å². The van der Waals surface area contributed by atoms with Crippen LogP contribution in [0.5, 0.6) is 28.7 Å². The predicted molar refractivity (Wildman–Crippen MR) is 169 cm³/mol. The number of nitrogens with zero attached hydrogens (tertiary/aromatic N) is 4. The van der Waals surface area contributed by atoms with Gasteiger partial charge in [0.1, 0.15) is 11.8 Å². The Balaban J connectivity index is 1.38. The summed E-state index contributed by atoms with van der Waals surface area (Å²) in [5.74, 6) is 0.250. The Morgan fingerprint density at radius 3 is 2.38 bits per heavy atom. The molecule has 2 bridgehead atoms. The number of aromatic hydroxyl groups is 1. The highest BCUT2D eigenvalue weighted by Crippen LogP contribution is 2.58. The molecule has 8 rings (SSSR count). The van der Waals surface area contributed by atoms with Crippen LogP contribution in [0, 0.1) is 25.2 Å². The third-order valence-corrected chi connectivity index (χ3v) is 10.7. The van der Waals surface area contributed by atoms with E-state index in [1.54, 1.807) is 31.2 Å². The maximum absolute atomic E-state index is 13.8. The minimum atomic E-state index is -0.745. The molecule has 0 unspecified atom stereocenters. The highest BCUT2D eigenvalue weighted by molar-refractivity contribution is 6.21. The van der Waals surface area contributed by atoms with Gasteiger partial charge >= 0.3 is 5.97 Å². The van der Waals surface area contributed by atoms with Crippen LogP contribution in [0.25, 0.3) is 0 Å². The van der Waals surface area contributed by atoms with E-state index in [9.17, 15) is 24.8 Å². The van der Waals surface area contributed by atoms with Gasteiger partial charge < -0.3 is 24.1 Å². The number of hydrogen-bond acceptors (Lipinski definition) is 11. The number of carbonyl (C=O) groups is 3. The number of ether oxygens (including phenoxy) is 4. The summed E-state index contributed by atoms with van der Waals surface area (Å²) in [7, 11) is 3.48. The monoisotopic (exact) mass is 650 g/mol. The molecule has 0 radical (unpaired) electrons. The van der Waals surface area contributed by atoms with Gasteiger partial charge in [-0.3, -0.25) is 29.1 Å². The summed E-state index contributed by atoms with van der Waals surface area (Å²) in [5, 5.41) is 22.6. The van der Waals surface area contributed by atoms with Gasteiger partial charge in [0, 0.05) is 47.8 Å². The molecule has 0 aliphatic carbocycles. The van der Waals surface area contributed by atoms with Crippen molar-refractivity contribution in [1.29, 1.82) is 5.26 Å². The summed E-state index contributed by atoms with van der Waals surface area (Å²) < 4.78 is 23.6. The number of carbonyl (C=O) groups excluding carboxylic acids is 3. The van der Waals surface area contributed by atoms with Crippen LogP contribution in [0.4, 0.5) is 0 Å². The Bertz CT molecular complexity index is 1970. The zero-order chi connectivity index (χ0) is 33.8. The van der Waals surface area contributed by atoms with Gasteiger partial charge in [-0.05, 0) is 57.0 Å². The lowest BCUT2D eigenvalue weighted by Crippen LogP contribution is -2.68. The van der Waals surface area contributed by atoms with Gasteiger partial charge in [-0.1, -0.05) is 18.2 Å². The van der Waals surface area contributed by atoms with E-state index < -0.39 is 42.0 Å². The van der Waals surface area contributed by atoms with Crippen LogP contribution in [0.3, 0.4) is 0 Å². The van der Waals surface area contributed by atoms with E-state index in [0.29, 0.717) is 69.2 Å². The van der Waals surface area contributed by atoms with E-state index in [2.05, 4.69) is 15.9 Å². The number of benzene rings is 3. The zero-order valence-corrected chi connectivity index (χ0v) is 27.2. The van der Waals surface area contributed by atoms with Crippen molar-refractivity contribution >= 4 is 17.8 Å². The van der Waals surface area contributed by atoms with E-state index in [4.69, 9.17) is 18.9 Å². The number of aryl methyl sites for hydroxylation is 1. The molecular weight excluding hydrogens is 616 g/mol. The number of imide groups is 1. The maximum Gasteiger partial charge on any atom is 0.308 e. The zero-order valence-electron chi connectivity index (χ0n) is 27.2. The van der Waals surface area contributed by atoms with E-state index in [0.717, 1.165) is 11.1 Å². The van der Waals surface area contributed by atoms with Crippen molar-refractivity contribution in [3.8, 4) is 34.8 Å². The molecule has 48 heavy (non-hydrogen) atoms. The smallest absolute Gasteiger partial charge is 0.308 e. The average Bonchev–Trinajstić information content (AvgIpc) is 3.64. The van der Waals surface area contributed by atoms with Gasteiger partial charge in [0.2, 0.25) is 6.79 Å². The van der Waals surface area contributed by atoms with Crippen molar-refractivity contribution < 1.29 is 38.4 Å². The molecule has 2 amide bonds. The number of likely N-dealkylation sites (N-methyl/N-ethyl adjacent to an activating group) is 1. The fourth-order valence-corrected chi connectivity index (χ4v) is 8.87. The van der Waals surface area contributed by atoms with Crippen LogP contribution in [-0.2, 0) is 17.6 Å². The topological polar surface area (TPSA) is 142 Å². The van der Waals surface area contributed by atoms with Crippen molar-refractivity contribution in [2.75, 3.05) is 27.5 Å². The standard InChI is InChI=1S/C36H34N4O8/c1-16-10-19-11-23-25(13-37)40-24(29(38(23)4)27(19)30(42)31(16)45-5)12-22-28(34-33(46-15-47-34)17(2)32(22)48-18(3)41)26(40)14-39-35(43)20-8-6-7-9-21(20)36(39)44/h6-10,23-26,29,42H,11-12,14-15H2,1-5H3/t23-,24+,25+,26+,29+/m1/s1. The lowest BCUT2D eigenvalue weighted by atomic mass is 9.71. The van der Waals surface area contributed by atoms with Crippen LogP contribution >= 0.6 is 0 Å². The first-order valence-electron chi connectivity index (χ1n) is 15.9. The Morgan fingerprint density at radius 2 is 1.73 bits per heavy atom. The van der Waals surface area contributed by atoms with Crippen molar-refractivity contribution in [1.82, 2.24) is 14.7 Å². The summed E-state index contributed by atoms with van der Waals surface area (Å²) in [6.07, 6.45) is 0.794. The van der Waals surface area contributed by atoms with Gasteiger partial charge in [-0.2, -0.15) is 5.26 Å². The number of rotatable bonds is 4. The SMILES string of the molecule is COc1c(C)cc2c(c1O)[C@@H]1[C@@H]3Cc4c(OC(C)=O)c(C)c5c(c4[C@H](CN4C(=O)c6ccccc6C4=O)N3[C@@H](C#N)[C@@H](C2)N1C)OCO5. The van der Waals surface area contributed by atoms with E-state index in [1.165, 1.54) is 18.9 Å². The second-order valence-corrected chi connectivity index (χ2v) is 13.1. The number of methoxy groups -OCH3 is 1. The quantitative estimate of drug-likeness (QED) is 0.251. The van der Waals surface area contributed by atoms with Crippen LogP contribution in [-0.4, -0.2) is 83.2 Å². The number of amides is 2. The summed E-state index contributed by atoms with van der Waals surface area (Å²) in [6.45, 7) is 4.86. The molecule has 0 spiro atoms. The average molecular weight is 651 g/mol. The molecule has 0 aromatic heterocycles. The fourth-order valence-electron chi connectivity index (χ4n) is 8.87. The van der Waals surface area contributed by atoms with Crippen molar-refractivity contribution in [2.45, 2.75) is 63.8 Å². The number of esters is 1. The van der Waals surface area contributed by atoms with Crippen LogP contribution in [0.2, 0.25) is 0 Å². The molecule has 5 aliphatic heterocycles. The number of nitriles is 1. The summed E-state index contributed by atoms with van der Waals surface area (Å²) >= 11 is 0. The van der Waals surface area contributed by atoms with Gasteiger partial charge in [0.15, 0.2) is 23.0 Å². The molecule has 12 nitrogen and oxygen atoms in total. The molecule has 12 heteroatoms. The number of piperazine rings is 1. The molecule has 5 heterocycles. The second-order valence-electron chi connectivity index (χ2n) is 13.1. The minimum Gasteiger partial charge on any atom is -0.504 e. The van der Waals surface area contributed by atoms with Gasteiger partial charge in [0.05, 0.1) is 36.4 Å². The summed E-state index contributed by atoms with van der Waals surface area (Å²) in [5.41, 5.74) is 4.94. The second kappa shape index (κ2) is 10.7. The van der Waals surface area contributed by atoms with Crippen molar-refractivity contribution in [3.05, 3.63) is 74.8 Å². The molecule has 5 atom stereocenters. The third kappa shape index (κ3) is 3.98. The normalized spacial score (nSPS) is 25.2. The number of phenolic OH excluding ortho intramolecular Hbond substituents is 1. The molecule has 1 saturated heterocycles. The molecule has 246 valence electrons. The number of fused-ring (bicyclic) bond motifs is 10. The molecule has 0 saturated carbocycles. The summed E-state index contributed by atoms with van der Waals surface area (Å²) in [4.78, 5) is 45.6. The Kier molecular flexibility index (Phi) is 6.74. The first-order valence-corrected chi connectivity index (χ1v) is 15.9. The van der Waals surface area contributed by atoms with Crippen LogP contribution in [0.1, 0.15) is 73.1 Å². The third-order valence-electron chi connectivity index (χ3n) is 10.7. The number of hydrogen-bond donors (Lipinski definition) is 1. The highest BCUT2D eigenvalue weighted by Gasteiger charge is 2.57. The minimum absolute atomic E-state index is 0.0444. The Morgan fingerprint density at radius 1 is 1.04 bits per heavy atom. The van der Waals surface area contributed by atoms with Crippen LogP contribution < -0.4 is 18.9 Å². The van der Waals surface area contributed by atoms with Gasteiger partial charge in [0.25, 0.3) is 11.8 Å². The predicted octanol–water partition coefficient (Wildman–Crippen LogP) is 3.74. The first-order chi connectivity index (χ1) is 23.1. The highest BCUT2D eigenvalue weighted by atomic mass is 16.7. The first kappa shape index (κ1) is 30.2. The lowest BCUT2D eigenvalue weighted by Gasteiger charge is -2.60. The fraction of sp³-hybridized carbons (Fsp3) is 0.389. The van der Waals surface area contributed by atoms with E-state index >= 15 is 0 Å². The van der Waals surface area contributed by atoms with E-state index in [1.807, 2.05) is 20.0 Å². The lowest BCUT2D eigenvalue weighted by molar-refractivity contribution is -0.132. The summed E-state index contributed by atoms with van der Waals surface area (Å²) in [6, 6.07) is 8.71. The largest absolute Gasteiger partial charge is 0.504 e. The molecule has 3 aromatic rings.